The third-order valence-electron chi connectivity index (χ3n) is 2.55. The van der Waals surface area contributed by atoms with Crippen LogP contribution in [0.2, 0.25) is 0 Å². The zero-order chi connectivity index (χ0) is 13.8. The molecule has 0 aromatic heterocycles. The fourth-order valence-electron chi connectivity index (χ4n) is 1.60. The van der Waals surface area contributed by atoms with Crippen LogP contribution in [0.25, 0.3) is 0 Å². The van der Waals surface area contributed by atoms with E-state index in [0.717, 1.165) is 12.1 Å². The molecule has 0 heterocycles. The predicted molar refractivity (Wildman–Crippen MR) is 72.7 cm³/mol. The normalized spacial score (nSPS) is 11.2. The highest BCUT2D eigenvalue weighted by atomic mass is 16.5. The minimum Gasteiger partial charge on any atom is -0.493 e. The van der Waals surface area contributed by atoms with Gasteiger partial charge in [-0.25, -0.2) is 0 Å². The zero-order valence-electron chi connectivity index (χ0n) is 12.1. The number of methoxy groups -OCH3 is 3. The van der Waals surface area contributed by atoms with E-state index in [0.29, 0.717) is 17.2 Å². The molecule has 0 aliphatic heterocycles. The van der Waals surface area contributed by atoms with Crippen molar-refractivity contribution >= 4 is 0 Å². The maximum Gasteiger partial charge on any atom is 0.203 e. The molecule has 0 saturated carbocycles. The van der Waals surface area contributed by atoms with Gasteiger partial charge < -0.3 is 19.5 Å². The van der Waals surface area contributed by atoms with Crippen molar-refractivity contribution in [3.05, 3.63) is 17.7 Å². The summed E-state index contributed by atoms with van der Waals surface area (Å²) in [4.78, 5) is 0. The fourth-order valence-corrected chi connectivity index (χ4v) is 1.60. The molecule has 0 unspecified atom stereocenters. The summed E-state index contributed by atoms with van der Waals surface area (Å²) < 4.78 is 15.9. The second-order valence-electron chi connectivity index (χ2n) is 5.14. The smallest absolute Gasteiger partial charge is 0.203 e. The molecule has 0 aliphatic carbocycles. The van der Waals surface area contributed by atoms with E-state index >= 15 is 0 Å². The Kier molecular flexibility index (Phi) is 4.84. The molecule has 1 N–H and O–H groups in total. The molecule has 0 fully saturated rings. The number of hydrogen-bond donors (Lipinski definition) is 1. The summed E-state index contributed by atoms with van der Waals surface area (Å²) in [5.74, 6) is 1.99. The van der Waals surface area contributed by atoms with Crippen molar-refractivity contribution in [1.82, 2.24) is 5.32 Å². The lowest BCUT2D eigenvalue weighted by molar-refractivity contribution is 0.323. The van der Waals surface area contributed by atoms with E-state index in [9.17, 15) is 0 Å². The van der Waals surface area contributed by atoms with Gasteiger partial charge >= 0.3 is 0 Å². The Morgan fingerprint density at radius 1 is 0.944 bits per heavy atom. The molecule has 0 bridgehead atoms. The van der Waals surface area contributed by atoms with Gasteiger partial charge in [-0.15, -0.1) is 0 Å². The number of rotatable bonds is 5. The Hall–Kier alpha value is -1.42. The van der Waals surface area contributed by atoms with Crippen LogP contribution in [0.3, 0.4) is 0 Å². The largest absolute Gasteiger partial charge is 0.493 e. The molecule has 0 spiro atoms. The van der Waals surface area contributed by atoms with Crippen molar-refractivity contribution in [3.63, 3.8) is 0 Å². The topological polar surface area (TPSA) is 39.7 Å². The third-order valence-corrected chi connectivity index (χ3v) is 2.55. The molecular formula is C14H23NO3. The Bertz CT molecular complexity index is 372. The molecule has 0 saturated heterocycles. The Labute approximate surface area is 109 Å². The summed E-state index contributed by atoms with van der Waals surface area (Å²) in [7, 11) is 4.85. The summed E-state index contributed by atoms with van der Waals surface area (Å²) in [6, 6.07) is 3.92. The van der Waals surface area contributed by atoms with Crippen LogP contribution in [0.5, 0.6) is 17.2 Å². The molecule has 0 atom stereocenters. The maximum absolute atomic E-state index is 5.32. The lowest BCUT2D eigenvalue weighted by atomic mass is 10.1. The highest BCUT2D eigenvalue weighted by Crippen LogP contribution is 2.38. The van der Waals surface area contributed by atoms with E-state index in [1.165, 1.54) is 0 Å². The third kappa shape index (κ3) is 3.81. The van der Waals surface area contributed by atoms with Gasteiger partial charge in [0.2, 0.25) is 5.75 Å². The van der Waals surface area contributed by atoms with Crippen molar-refractivity contribution in [2.75, 3.05) is 21.3 Å². The van der Waals surface area contributed by atoms with Gasteiger partial charge in [0.15, 0.2) is 11.5 Å². The lowest BCUT2D eigenvalue weighted by Crippen LogP contribution is -2.35. The van der Waals surface area contributed by atoms with Gasteiger partial charge in [-0.3, -0.25) is 0 Å². The molecule has 0 amide bonds. The number of hydrogen-bond acceptors (Lipinski definition) is 4. The van der Waals surface area contributed by atoms with E-state index in [1.807, 2.05) is 12.1 Å². The zero-order valence-corrected chi connectivity index (χ0v) is 12.1. The van der Waals surface area contributed by atoms with E-state index < -0.39 is 0 Å². The lowest BCUT2D eigenvalue weighted by Gasteiger charge is -2.21. The molecule has 102 valence electrons. The van der Waals surface area contributed by atoms with Gasteiger partial charge in [0, 0.05) is 12.1 Å². The SMILES string of the molecule is COc1cc(CNC(C)(C)C)cc(OC)c1OC. The van der Waals surface area contributed by atoms with Crippen LogP contribution in [0.1, 0.15) is 26.3 Å². The Morgan fingerprint density at radius 3 is 1.78 bits per heavy atom. The number of benzene rings is 1. The predicted octanol–water partition coefficient (Wildman–Crippen LogP) is 2.60. The maximum atomic E-state index is 5.32. The van der Waals surface area contributed by atoms with Gasteiger partial charge in [0.05, 0.1) is 21.3 Å². The van der Waals surface area contributed by atoms with Gasteiger partial charge in [0.25, 0.3) is 0 Å². The first kappa shape index (κ1) is 14.6. The Morgan fingerprint density at radius 2 is 1.44 bits per heavy atom. The summed E-state index contributed by atoms with van der Waals surface area (Å²) in [5.41, 5.74) is 1.17. The van der Waals surface area contributed by atoms with Crippen molar-refractivity contribution in [2.24, 2.45) is 0 Å². The van der Waals surface area contributed by atoms with Gasteiger partial charge in [-0.1, -0.05) is 0 Å². The summed E-state index contributed by atoms with van der Waals surface area (Å²) in [6.07, 6.45) is 0. The molecule has 0 radical (unpaired) electrons. The van der Waals surface area contributed by atoms with Crippen LogP contribution < -0.4 is 19.5 Å². The molecule has 1 aromatic carbocycles. The van der Waals surface area contributed by atoms with E-state index in [4.69, 9.17) is 14.2 Å². The van der Waals surface area contributed by atoms with Gasteiger partial charge in [0.1, 0.15) is 0 Å². The van der Waals surface area contributed by atoms with E-state index in [1.54, 1.807) is 21.3 Å². The average molecular weight is 253 g/mol. The van der Waals surface area contributed by atoms with Gasteiger partial charge in [-0.2, -0.15) is 0 Å². The van der Waals surface area contributed by atoms with Crippen molar-refractivity contribution in [2.45, 2.75) is 32.9 Å². The molecule has 4 nitrogen and oxygen atoms in total. The minimum atomic E-state index is 0.0698. The molecule has 0 aliphatic rings. The van der Waals surface area contributed by atoms with Crippen LogP contribution in [0.4, 0.5) is 0 Å². The van der Waals surface area contributed by atoms with Gasteiger partial charge in [-0.05, 0) is 38.5 Å². The van der Waals surface area contributed by atoms with Crippen molar-refractivity contribution in [1.29, 1.82) is 0 Å². The van der Waals surface area contributed by atoms with Crippen LogP contribution >= 0.6 is 0 Å². The first-order valence-electron chi connectivity index (χ1n) is 5.95. The molecule has 18 heavy (non-hydrogen) atoms. The standard InChI is InChI=1S/C14H23NO3/c1-14(2,3)15-9-10-7-11(16-4)13(18-6)12(8-10)17-5/h7-8,15H,9H2,1-6H3. The van der Waals surface area contributed by atoms with Crippen LogP contribution in [-0.2, 0) is 6.54 Å². The minimum absolute atomic E-state index is 0.0698. The summed E-state index contributed by atoms with van der Waals surface area (Å²) >= 11 is 0. The highest BCUT2D eigenvalue weighted by molar-refractivity contribution is 5.53. The fraction of sp³-hybridized carbons (Fsp3) is 0.571. The highest BCUT2D eigenvalue weighted by Gasteiger charge is 2.14. The monoisotopic (exact) mass is 253 g/mol. The van der Waals surface area contributed by atoms with Crippen LogP contribution in [0.15, 0.2) is 12.1 Å². The van der Waals surface area contributed by atoms with Crippen LogP contribution in [-0.4, -0.2) is 26.9 Å². The summed E-state index contributed by atoms with van der Waals surface area (Å²) in [5, 5.41) is 3.43. The van der Waals surface area contributed by atoms with E-state index in [2.05, 4.69) is 26.1 Å². The second kappa shape index (κ2) is 5.96. The number of ether oxygens (including phenoxy) is 3. The number of nitrogens with one attached hydrogen (secondary N) is 1. The molecule has 4 heteroatoms. The van der Waals surface area contributed by atoms with E-state index in [-0.39, 0.29) is 5.54 Å². The first-order valence-corrected chi connectivity index (χ1v) is 5.95. The quantitative estimate of drug-likeness (QED) is 0.875. The molecule has 1 aromatic rings. The average Bonchev–Trinajstić information content (AvgIpc) is 2.33. The first-order chi connectivity index (χ1) is 8.41. The summed E-state index contributed by atoms with van der Waals surface area (Å²) in [6.45, 7) is 7.14. The van der Waals surface area contributed by atoms with Crippen molar-refractivity contribution < 1.29 is 14.2 Å². The van der Waals surface area contributed by atoms with Crippen LogP contribution in [0, 0.1) is 0 Å². The second-order valence-corrected chi connectivity index (χ2v) is 5.14. The Balaban J connectivity index is 3.00. The molecular weight excluding hydrogens is 230 g/mol. The van der Waals surface area contributed by atoms with Crippen molar-refractivity contribution in [3.8, 4) is 17.2 Å². The molecule has 1 rings (SSSR count).